The molecule has 0 saturated heterocycles. The van der Waals surface area contributed by atoms with Crippen molar-refractivity contribution in [2.45, 2.75) is 57.7 Å². The smallest absolute Gasteiger partial charge is 0.403 e. The monoisotopic (exact) mass is 398 g/mol. The lowest BCUT2D eigenvalue weighted by atomic mass is 9.64. The molecule has 0 aliphatic heterocycles. The van der Waals surface area contributed by atoms with Gasteiger partial charge >= 0.3 is 6.36 Å². The van der Waals surface area contributed by atoms with Crippen molar-refractivity contribution in [1.82, 2.24) is 0 Å². The lowest BCUT2D eigenvalue weighted by Crippen LogP contribution is -2.29. The number of fused-ring (bicyclic) bond motifs is 2. The lowest BCUT2D eigenvalue weighted by Gasteiger charge is -2.41. The van der Waals surface area contributed by atoms with Crippen molar-refractivity contribution >= 4 is 10.8 Å². The summed E-state index contributed by atoms with van der Waals surface area (Å²) in [6, 6.07) is 5.21. The van der Waals surface area contributed by atoms with Crippen LogP contribution in [0.3, 0.4) is 0 Å². The van der Waals surface area contributed by atoms with E-state index in [1.54, 1.807) is 6.07 Å². The Balaban J connectivity index is 1.62. The summed E-state index contributed by atoms with van der Waals surface area (Å²) >= 11 is 0. The van der Waals surface area contributed by atoms with Crippen LogP contribution in [0.25, 0.3) is 10.8 Å². The van der Waals surface area contributed by atoms with Crippen molar-refractivity contribution in [1.29, 1.82) is 0 Å². The van der Waals surface area contributed by atoms with E-state index >= 15 is 0 Å². The molecular formula is C22H23F5O. The molecule has 0 amide bonds. The van der Waals surface area contributed by atoms with Crippen LogP contribution < -0.4 is 4.74 Å². The fourth-order valence-electron chi connectivity index (χ4n) is 5.24. The molecule has 152 valence electrons. The zero-order valence-corrected chi connectivity index (χ0v) is 15.7. The van der Waals surface area contributed by atoms with E-state index in [9.17, 15) is 22.0 Å². The van der Waals surface area contributed by atoms with Crippen LogP contribution in [0.15, 0.2) is 24.3 Å². The molecule has 2 aliphatic rings. The lowest BCUT2D eigenvalue weighted by molar-refractivity contribution is -0.275. The number of halogens is 5. The summed E-state index contributed by atoms with van der Waals surface area (Å²) < 4.78 is 70.0. The number of benzene rings is 2. The molecule has 0 spiro atoms. The van der Waals surface area contributed by atoms with Gasteiger partial charge in [0.05, 0.1) is 5.39 Å². The predicted octanol–water partition coefficient (Wildman–Crippen LogP) is 7.34. The summed E-state index contributed by atoms with van der Waals surface area (Å²) in [5, 5.41) is -0.188. The third-order valence-corrected chi connectivity index (χ3v) is 6.57. The molecule has 0 bridgehead atoms. The van der Waals surface area contributed by atoms with E-state index in [1.807, 2.05) is 0 Å². The molecule has 4 atom stereocenters. The number of ether oxygens (including phenoxy) is 1. The van der Waals surface area contributed by atoms with Gasteiger partial charge in [0.25, 0.3) is 0 Å². The zero-order chi connectivity index (χ0) is 20.1. The van der Waals surface area contributed by atoms with E-state index in [4.69, 9.17) is 0 Å². The fraction of sp³-hybridized carbons (Fsp3) is 0.545. The largest absolute Gasteiger partial charge is 0.573 e. The van der Waals surface area contributed by atoms with Crippen LogP contribution in [-0.2, 0) is 0 Å². The molecule has 2 aliphatic carbocycles. The minimum absolute atomic E-state index is 0.211. The maximum absolute atomic E-state index is 14.7. The highest BCUT2D eigenvalue weighted by molar-refractivity contribution is 5.86. The molecule has 2 aromatic carbocycles. The third kappa shape index (κ3) is 3.83. The Bertz CT molecular complexity index is 875. The molecule has 0 aromatic heterocycles. The molecule has 0 radical (unpaired) electrons. The van der Waals surface area contributed by atoms with Crippen molar-refractivity contribution in [2.24, 2.45) is 17.8 Å². The second-order valence-corrected chi connectivity index (χ2v) is 8.47. The van der Waals surface area contributed by atoms with Crippen molar-refractivity contribution in [3.8, 4) is 5.75 Å². The van der Waals surface area contributed by atoms with Crippen molar-refractivity contribution < 1.29 is 26.7 Å². The second kappa shape index (κ2) is 7.20. The molecule has 2 fully saturated rings. The Labute approximate surface area is 160 Å². The second-order valence-electron chi connectivity index (χ2n) is 8.47. The molecule has 4 rings (SSSR count). The van der Waals surface area contributed by atoms with Crippen LogP contribution in [0.1, 0.15) is 56.9 Å². The number of hydrogen-bond donors (Lipinski definition) is 0. The van der Waals surface area contributed by atoms with Gasteiger partial charge in [0.15, 0.2) is 11.6 Å². The molecule has 0 N–H and O–H groups in total. The van der Waals surface area contributed by atoms with Crippen LogP contribution in [-0.4, -0.2) is 6.36 Å². The van der Waals surface area contributed by atoms with E-state index in [1.165, 1.54) is 31.4 Å². The van der Waals surface area contributed by atoms with Crippen molar-refractivity contribution in [3.05, 3.63) is 41.5 Å². The Morgan fingerprint density at radius 2 is 1.64 bits per heavy atom. The standard InChI is InChI=1S/C22H23F5O/c1-12-2-3-14-9-15(5-4-13(14)8-12)17-10-16-6-7-19(28-22(25,26)27)21(24)20(16)18(23)11-17/h6-7,10-15H,2-5,8-9H2,1H3. The van der Waals surface area contributed by atoms with Gasteiger partial charge in [-0.15, -0.1) is 13.2 Å². The number of alkyl halides is 3. The van der Waals surface area contributed by atoms with E-state index in [-0.39, 0.29) is 11.3 Å². The fourth-order valence-corrected chi connectivity index (χ4v) is 5.24. The van der Waals surface area contributed by atoms with E-state index in [2.05, 4.69) is 11.7 Å². The quantitative estimate of drug-likeness (QED) is 0.481. The van der Waals surface area contributed by atoms with Crippen LogP contribution in [0.5, 0.6) is 5.75 Å². The molecule has 6 heteroatoms. The molecule has 0 heterocycles. The summed E-state index contributed by atoms with van der Waals surface area (Å²) in [4.78, 5) is 0. The summed E-state index contributed by atoms with van der Waals surface area (Å²) in [5.74, 6) is -0.795. The minimum Gasteiger partial charge on any atom is -0.403 e. The normalized spacial score (nSPS) is 28.2. The highest BCUT2D eigenvalue weighted by atomic mass is 19.4. The Morgan fingerprint density at radius 3 is 2.39 bits per heavy atom. The van der Waals surface area contributed by atoms with Crippen LogP contribution in [0.2, 0.25) is 0 Å². The van der Waals surface area contributed by atoms with Gasteiger partial charge in [-0.05, 0) is 78.9 Å². The summed E-state index contributed by atoms with van der Waals surface area (Å²) in [6.07, 6.45) is 1.75. The summed E-state index contributed by atoms with van der Waals surface area (Å²) in [6.45, 7) is 2.30. The first-order chi connectivity index (χ1) is 13.2. The van der Waals surface area contributed by atoms with Crippen LogP contribution in [0, 0.1) is 29.4 Å². The maximum Gasteiger partial charge on any atom is 0.573 e. The van der Waals surface area contributed by atoms with E-state index < -0.39 is 29.1 Å². The third-order valence-electron chi connectivity index (χ3n) is 6.57. The van der Waals surface area contributed by atoms with Gasteiger partial charge in [-0.2, -0.15) is 0 Å². The zero-order valence-electron chi connectivity index (χ0n) is 15.7. The van der Waals surface area contributed by atoms with Crippen molar-refractivity contribution in [2.75, 3.05) is 0 Å². The molecule has 4 unspecified atom stereocenters. The van der Waals surface area contributed by atoms with E-state index in [0.717, 1.165) is 42.7 Å². The van der Waals surface area contributed by atoms with Gasteiger partial charge in [0.2, 0.25) is 0 Å². The first kappa shape index (κ1) is 19.5. The first-order valence-corrected chi connectivity index (χ1v) is 9.88. The average molecular weight is 398 g/mol. The summed E-state index contributed by atoms with van der Waals surface area (Å²) in [5.41, 5.74) is 0.811. The molecule has 1 nitrogen and oxygen atoms in total. The molecular weight excluding hydrogens is 375 g/mol. The number of rotatable bonds is 2. The van der Waals surface area contributed by atoms with Crippen LogP contribution in [0.4, 0.5) is 22.0 Å². The molecule has 2 aromatic rings. The van der Waals surface area contributed by atoms with Gasteiger partial charge < -0.3 is 4.74 Å². The highest BCUT2D eigenvalue weighted by Crippen LogP contribution is 2.48. The topological polar surface area (TPSA) is 9.23 Å². The predicted molar refractivity (Wildman–Crippen MR) is 97.1 cm³/mol. The Hall–Kier alpha value is -1.85. The van der Waals surface area contributed by atoms with Gasteiger partial charge in [0.1, 0.15) is 5.82 Å². The summed E-state index contributed by atoms with van der Waals surface area (Å²) in [7, 11) is 0. The molecule has 28 heavy (non-hydrogen) atoms. The van der Waals surface area contributed by atoms with Gasteiger partial charge in [-0.3, -0.25) is 0 Å². The van der Waals surface area contributed by atoms with Gasteiger partial charge in [0, 0.05) is 0 Å². The average Bonchev–Trinajstić information content (AvgIpc) is 2.62. The maximum atomic E-state index is 14.7. The Kier molecular flexibility index (Phi) is 5.00. The van der Waals surface area contributed by atoms with Gasteiger partial charge in [-0.1, -0.05) is 25.5 Å². The van der Waals surface area contributed by atoms with E-state index in [0.29, 0.717) is 5.92 Å². The molecule has 2 saturated carbocycles. The first-order valence-electron chi connectivity index (χ1n) is 9.88. The highest BCUT2D eigenvalue weighted by Gasteiger charge is 2.36. The minimum atomic E-state index is -5.03. The number of hydrogen-bond acceptors (Lipinski definition) is 1. The van der Waals surface area contributed by atoms with Crippen molar-refractivity contribution in [3.63, 3.8) is 0 Å². The Morgan fingerprint density at radius 1 is 0.929 bits per heavy atom. The van der Waals surface area contributed by atoms with Crippen LogP contribution >= 0.6 is 0 Å². The SMILES string of the molecule is CC1CCC2CC(c3cc(F)c4c(F)c(OC(F)(F)F)ccc4c3)CCC2C1. The van der Waals surface area contributed by atoms with Gasteiger partial charge in [-0.25, -0.2) is 8.78 Å².